The zero-order chi connectivity index (χ0) is 12.6. The predicted octanol–water partition coefficient (Wildman–Crippen LogP) is 0.804. The summed E-state index contributed by atoms with van der Waals surface area (Å²) in [4.78, 5) is 11.8. The molecular formula is C13H15NO4. The number of aliphatic hydroxyl groups is 1. The van der Waals surface area contributed by atoms with E-state index in [-0.39, 0.29) is 19.3 Å². The number of ether oxygens (including phenoxy) is 2. The number of amides is 1. The van der Waals surface area contributed by atoms with E-state index in [2.05, 4.69) is 5.32 Å². The van der Waals surface area contributed by atoms with E-state index in [9.17, 15) is 4.79 Å². The van der Waals surface area contributed by atoms with E-state index in [1.165, 1.54) is 0 Å². The third-order valence-electron chi connectivity index (χ3n) is 3.53. The molecule has 0 saturated heterocycles. The minimum absolute atomic E-state index is 0.0670. The fraction of sp³-hybridized carbons (Fsp3) is 0.462. The van der Waals surface area contributed by atoms with Crippen molar-refractivity contribution in [1.82, 2.24) is 5.32 Å². The van der Waals surface area contributed by atoms with Gasteiger partial charge in [-0.15, -0.1) is 0 Å². The van der Waals surface area contributed by atoms with Gasteiger partial charge in [-0.2, -0.15) is 0 Å². The summed E-state index contributed by atoms with van der Waals surface area (Å²) in [5.41, 5.74) is 0.442. The largest absolute Gasteiger partial charge is 0.454 e. The molecule has 1 aromatic rings. The number of carbonyl (C=O) groups excluding carboxylic acids is 1. The quantitative estimate of drug-likeness (QED) is 0.828. The lowest BCUT2D eigenvalue weighted by Crippen LogP contribution is -2.33. The van der Waals surface area contributed by atoms with Crippen molar-refractivity contribution in [3.05, 3.63) is 23.8 Å². The van der Waals surface area contributed by atoms with Gasteiger partial charge < -0.3 is 19.9 Å². The molecule has 0 spiro atoms. The van der Waals surface area contributed by atoms with Crippen molar-refractivity contribution in [2.24, 2.45) is 5.41 Å². The van der Waals surface area contributed by atoms with Gasteiger partial charge in [-0.1, -0.05) is 6.07 Å². The molecule has 5 heteroatoms. The molecule has 1 amide bonds. The van der Waals surface area contributed by atoms with Gasteiger partial charge in [-0.25, -0.2) is 0 Å². The smallest absolute Gasteiger partial charge is 0.231 e. The lowest BCUT2D eigenvalue weighted by molar-refractivity contribution is -0.127. The van der Waals surface area contributed by atoms with Crippen LogP contribution in [0.4, 0.5) is 0 Å². The Balaban J connectivity index is 1.62. The molecule has 18 heavy (non-hydrogen) atoms. The number of aliphatic hydroxyl groups excluding tert-OH is 1. The second-order valence-corrected chi connectivity index (χ2v) is 4.81. The summed E-state index contributed by atoms with van der Waals surface area (Å²) in [5, 5.41) is 12.0. The van der Waals surface area contributed by atoms with Crippen LogP contribution in [0.25, 0.3) is 0 Å². The molecule has 1 aromatic carbocycles. The van der Waals surface area contributed by atoms with Crippen molar-refractivity contribution in [3.63, 3.8) is 0 Å². The van der Waals surface area contributed by atoms with Gasteiger partial charge in [0.25, 0.3) is 0 Å². The number of hydrogen-bond donors (Lipinski definition) is 2. The van der Waals surface area contributed by atoms with Gasteiger partial charge in [-0.05, 0) is 30.5 Å². The highest BCUT2D eigenvalue weighted by Crippen LogP contribution is 2.45. The number of fused-ring (bicyclic) bond motifs is 1. The van der Waals surface area contributed by atoms with E-state index in [1.54, 1.807) is 0 Å². The highest BCUT2D eigenvalue weighted by Gasteiger charge is 2.49. The molecule has 1 saturated carbocycles. The summed E-state index contributed by atoms with van der Waals surface area (Å²) in [7, 11) is 0. The average molecular weight is 249 g/mol. The van der Waals surface area contributed by atoms with Crippen LogP contribution in [0.2, 0.25) is 0 Å². The molecule has 0 aromatic heterocycles. The summed E-state index contributed by atoms with van der Waals surface area (Å²) < 4.78 is 10.5. The van der Waals surface area contributed by atoms with E-state index in [0.29, 0.717) is 12.3 Å². The molecule has 1 fully saturated rings. The molecule has 1 aliphatic carbocycles. The second kappa shape index (κ2) is 4.17. The Bertz CT molecular complexity index is 482. The zero-order valence-electron chi connectivity index (χ0n) is 9.94. The van der Waals surface area contributed by atoms with Crippen LogP contribution >= 0.6 is 0 Å². The normalized spacial score (nSPS) is 18.5. The predicted molar refractivity (Wildman–Crippen MR) is 63.2 cm³/mol. The Morgan fingerprint density at radius 3 is 2.83 bits per heavy atom. The minimum atomic E-state index is -0.518. The number of rotatable bonds is 4. The third kappa shape index (κ3) is 1.90. The summed E-state index contributed by atoms with van der Waals surface area (Å²) in [6.45, 7) is 0.621. The maximum atomic E-state index is 11.8. The fourth-order valence-corrected chi connectivity index (χ4v) is 2.03. The van der Waals surface area contributed by atoms with Crippen LogP contribution in [0.1, 0.15) is 18.4 Å². The average Bonchev–Trinajstić information content (AvgIpc) is 3.07. The summed E-state index contributed by atoms with van der Waals surface area (Å²) in [6.07, 6.45) is 1.55. The van der Waals surface area contributed by atoms with Crippen LogP contribution in [0.3, 0.4) is 0 Å². The first-order chi connectivity index (χ1) is 8.73. The van der Waals surface area contributed by atoms with Crippen molar-refractivity contribution < 1.29 is 19.4 Å². The van der Waals surface area contributed by atoms with Gasteiger partial charge in [0.05, 0.1) is 12.0 Å². The minimum Gasteiger partial charge on any atom is -0.454 e. The Hall–Kier alpha value is -1.75. The summed E-state index contributed by atoms with van der Waals surface area (Å²) >= 11 is 0. The monoisotopic (exact) mass is 249 g/mol. The van der Waals surface area contributed by atoms with Gasteiger partial charge in [0.15, 0.2) is 11.5 Å². The maximum absolute atomic E-state index is 11.8. The third-order valence-corrected chi connectivity index (χ3v) is 3.53. The second-order valence-electron chi connectivity index (χ2n) is 4.81. The molecule has 1 aliphatic heterocycles. The number of carbonyl (C=O) groups is 1. The van der Waals surface area contributed by atoms with E-state index in [4.69, 9.17) is 14.6 Å². The van der Waals surface area contributed by atoms with Crippen LogP contribution in [-0.2, 0) is 11.3 Å². The van der Waals surface area contributed by atoms with Crippen molar-refractivity contribution >= 4 is 5.91 Å². The highest BCUT2D eigenvalue weighted by molar-refractivity contribution is 5.85. The fourth-order valence-electron chi connectivity index (χ4n) is 2.03. The molecular weight excluding hydrogens is 234 g/mol. The Morgan fingerprint density at radius 1 is 1.33 bits per heavy atom. The van der Waals surface area contributed by atoms with E-state index < -0.39 is 5.41 Å². The molecule has 5 nitrogen and oxygen atoms in total. The Kier molecular flexibility index (Phi) is 2.63. The van der Waals surface area contributed by atoms with Crippen LogP contribution in [0.5, 0.6) is 11.5 Å². The number of benzene rings is 1. The van der Waals surface area contributed by atoms with Crippen molar-refractivity contribution in [1.29, 1.82) is 0 Å². The van der Waals surface area contributed by atoms with Gasteiger partial charge >= 0.3 is 0 Å². The molecule has 0 atom stereocenters. The van der Waals surface area contributed by atoms with Crippen molar-refractivity contribution in [2.45, 2.75) is 19.4 Å². The molecule has 1 heterocycles. The summed E-state index contributed by atoms with van der Waals surface area (Å²) in [5.74, 6) is 1.38. The van der Waals surface area contributed by atoms with Gasteiger partial charge in [0.1, 0.15) is 0 Å². The first-order valence-corrected chi connectivity index (χ1v) is 6.01. The van der Waals surface area contributed by atoms with Crippen molar-refractivity contribution in [3.8, 4) is 11.5 Å². The molecule has 2 N–H and O–H groups in total. The molecule has 2 aliphatic rings. The van der Waals surface area contributed by atoms with Crippen LogP contribution in [0, 0.1) is 5.41 Å². The maximum Gasteiger partial charge on any atom is 0.231 e. The van der Waals surface area contributed by atoms with E-state index >= 15 is 0 Å². The van der Waals surface area contributed by atoms with Crippen LogP contribution in [0.15, 0.2) is 18.2 Å². The lowest BCUT2D eigenvalue weighted by Gasteiger charge is -2.12. The number of hydrogen-bond acceptors (Lipinski definition) is 4. The molecule has 0 unspecified atom stereocenters. The van der Waals surface area contributed by atoms with Crippen LogP contribution < -0.4 is 14.8 Å². The molecule has 3 rings (SSSR count). The molecule has 96 valence electrons. The van der Waals surface area contributed by atoms with E-state index in [1.807, 2.05) is 18.2 Å². The topological polar surface area (TPSA) is 67.8 Å². The highest BCUT2D eigenvalue weighted by atomic mass is 16.7. The Labute approximate surface area is 105 Å². The van der Waals surface area contributed by atoms with E-state index in [0.717, 1.165) is 24.2 Å². The first kappa shape index (κ1) is 11.3. The Morgan fingerprint density at radius 2 is 2.11 bits per heavy atom. The SMILES string of the molecule is O=C(NCc1ccc2c(c1)OCO2)C1(CO)CC1. The van der Waals surface area contributed by atoms with Gasteiger partial charge in [0, 0.05) is 6.54 Å². The standard InChI is InChI=1S/C13H15NO4/c15-7-13(3-4-13)12(16)14-6-9-1-2-10-11(5-9)18-8-17-10/h1-2,5,15H,3-4,6-8H2,(H,14,16). The zero-order valence-corrected chi connectivity index (χ0v) is 9.94. The molecule has 0 bridgehead atoms. The van der Waals surface area contributed by atoms with Gasteiger partial charge in [-0.3, -0.25) is 4.79 Å². The summed E-state index contributed by atoms with van der Waals surface area (Å²) in [6, 6.07) is 5.59. The lowest BCUT2D eigenvalue weighted by atomic mass is 10.1. The number of nitrogens with one attached hydrogen (secondary N) is 1. The van der Waals surface area contributed by atoms with Crippen molar-refractivity contribution in [2.75, 3.05) is 13.4 Å². The first-order valence-electron chi connectivity index (χ1n) is 6.01. The van der Waals surface area contributed by atoms with Gasteiger partial charge in [0.2, 0.25) is 12.7 Å². The molecule has 0 radical (unpaired) electrons. The van der Waals surface area contributed by atoms with Crippen LogP contribution in [-0.4, -0.2) is 24.4 Å².